The van der Waals surface area contributed by atoms with Gasteiger partial charge in [-0.05, 0) is 18.2 Å². The molecule has 6 nitrogen and oxygen atoms in total. The Labute approximate surface area is 119 Å². The van der Waals surface area contributed by atoms with Crippen LogP contribution in [-0.4, -0.2) is 38.0 Å². The highest BCUT2D eigenvalue weighted by Gasteiger charge is 2.05. The summed E-state index contributed by atoms with van der Waals surface area (Å²) in [4.78, 5) is 26.0. The Bertz CT molecular complexity index is 599. The number of carbonyl (C=O) groups is 2. The van der Waals surface area contributed by atoms with Crippen LogP contribution in [0.25, 0.3) is 5.69 Å². The lowest BCUT2D eigenvalue weighted by molar-refractivity contribution is -0.133. The van der Waals surface area contributed by atoms with Crippen LogP contribution in [0, 0.1) is 0 Å². The molecule has 0 fully saturated rings. The summed E-state index contributed by atoms with van der Waals surface area (Å²) in [5.74, 6) is -1.12. The Kier molecular flexibility index (Phi) is 4.78. The van der Waals surface area contributed by atoms with Gasteiger partial charge >= 0.3 is 5.97 Å². The number of benzene rings is 1. The second-order valence-electron chi connectivity index (χ2n) is 3.95. The standard InChI is InChI=1S/C13H13N3O3S/c17-12(7-20-8-13(18)19)15-10-2-1-3-11(6-10)16-5-4-14-9-16/h1-6,9H,7-8H2,(H,15,17)(H,18,19). The minimum absolute atomic E-state index is 0.0809. The van der Waals surface area contributed by atoms with Crippen LogP contribution in [0.3, 0.4) is 0 Å². The Balaban J connectivity index is 1.94. The molecule has 0 saturated heterocycles. The molecule has 2 aromatic rings. The first-order valence-corrected chi connectivity index (χ1v) is 6.98. The fourth-order valence-electron chi connectivity index (χ4n) is 1.58. The lowest BCUT2D eigenvalue weighted by Gasteiger charge is -2.07. The van der Waals surface area contributed by atoms with E-state index in [0.717, 1.165) is 17.4 Å². The number of carboxylic acid groups (broad SMARTS) is 1. The van der Waals surface area contributed by atoms with Crippen molar-refractivity contribution in [2.75, 3.05) is 16.8 Å². The molecule has 2 rings (SSSR count). The van der Waals surface area contributed by atoms with E-state index in [9.17, 15) is 9.59 Å². The number of amides is 1. The Morgan fingerprint density at radius 1 is 1.35 bits per heavy atom. The van der Waals surface area contributed by atoms with Gasteiger partial charge in [0.1, 0.15) is 0 Å². The molecular formula is C13H13N3O3S. The van der Waals surface area contributed by atoms with Gasteiger partial charge in [0.25, 0.3) is 0 Å². The van der Waals surface area contributed by atoms with Gasteiger partial charge in [0.2, 0.25) is 5.91 Å². The summed E-state index contributed by atoms with van der Waals surface area (Å²) in [5.41, 5.74) is 1.55. The van der Waals surface area contributed by atoms with Crippen LogP contribution in [0.4, 0.5) is 5.69 Å². The number of carbonyl (C=O) groups excluding carboxylic acids is 1. The van der Waals surface area contributed by atoms with Crippen LogP contribution in [0.1, 0.15) is 0 Å². The van der Waals surface area contributed by atoms with Crippen LogP contribution >= 0.6 is 11.8 Å². The van der Waals surface area contributed by atoms with Gasteiger partial charge in [0, 0.05) is 23.8 Å². The maximum atomic E-state index is 11.6. The number of thioether (sulfide) groups is 1. The molecule has 0 saturated carbocycles. The molecule has 0 aliphatic rings. The minimum atomic E-state index is -0.926. The first-order valence-electron chi connectivity index (χ1n) is 5.83. The third-order valence-corrected chi connectivity index (χ3v) is 3.31. The molecule has 1 aromatic heterocycles. The number of hydrogen-bond acceptors (Lipinski definition) is 4. The Morgan fingerprint density at radius 2 is 2.20 bits per heavy atom. The molecule has 1 aromatic carbocycles. The predicted octanol–water partition coefficient (Wildman–Crippen LogP) is 1.63. The smallest absolute Gasteiger partial charge is 0.313 e. The molecule has 104 valence electrons. The lowest BCUT2D eigenvalue weighted by atomic mass is 10.2. The average molecular weight is 291 g/mol. The normalized spacial score (nSPS) is 10.2. The molecule has 1 amide bonds. The Hall–Kier alpha value is -2.28. The number of anilines is 1. The number of nitrogens with zero attached hydrogens (tertiary/aromatic N) is 2. The summed E-state index contributed by atoms with van der Waals surface area (Å²) < 4.78 is 1.83. The highest BCUT2D eigenvalue weighted by atomic mass is 32.2. The topological polar surface area (TPSA) is 84.2 Å². The zero-order chi connectivity index (χ0) is 14.4. The molecule has 20 heavy (non-hydrogen) atoms. The van der Waals surface area contributed by atoms with Crippen molar-refractivity contribution in [2.45, 2.75) is 0 Å². The van der Waals surface area contributed by atoms with Gasteiger partial charge in [-0.15, -0.1) is 11.8 Å². The third kappa shape index (κ3) is 4.13. The first kappa shape index (κ1) is 14.1. The molecule has 2 N–H and O–H groups in total. The summed E-state index contributed by atoms with van der Waals surface area (Å²) >= 11 is 1.06. The molecule has 0 aliphatic heterocycles. The Morgan fingerprint density at radius 3 is 2.90 bits per heavy atom. The lowest BCUT2D eigenvalue weighted by Crippen LogP contribution is -2.15. The summed E-state index contributed by atoms with van der Waals surface area (Å²) in [6, 6.07) is 7.33. The average Bonchev–Trinajstić information content (AvgIpc) is 2.92. The maximum Gasteiger partial charge on any atom is 0.313 e. The van der Waals surface area contributed by atoms with Crippen molar-refractivity contribution in [1.29, 1.82) is 0 Å². The molecule has 7 heteroatoms. The second-order valence-corrected chi connectivity index (χ2v) is 4.94. The van der Waals surface area contributed by atoms with E-state index in [0.29, 0.717) is 5.69 Å². The number of carboxylic acids is 1. The minimum Gasteiger partial charge on any atom is -0.481 e. The van der Waals surface area contributed by atoms with Gasteiger partial charge in [-0.3, -0.25) is 9.59 Å². The van der Waals surface area contributed by atoms with Crippen molar-refractivity contribution >= 4 is 29.3 Å². The summed E-state index contributed by atoms with van der Waals surface area (Å²) in [7, 11) is 0. The number of aromatic nitrogens is 2. The third-order valence-electron chi connectivity index (χ3n) is 2.39. The molecule has 0 aliphatic carbocycles. The van der Waals surface area contributed by atoms with E-state index in [4.69, 9.17) is 5.11 Å². The molecule has 0 atom stereocenters. The zero-order valence-electron chi connectivity index (χ0n) is 10.5. The number of rotatable bonds is 6. The fraction of sp³-hybridized carbons (Fsp3) is 0.154. The van der Waals surface area contributed by atoms with Crippen LogP contribution in [0.5, 0.6) is 0 Å². The van der Waals surface area contributed by atoms with E-state index in [1.54, 1.807) is 18.6 Å². The predicted molar refractivity (Wildman–Crippen MR) is 77.2 cm³/mol. The second kappa shape index (κ2) is 6.76. The number of aliphatic carboxylic acids is 1. The van der Waals surface area contributed by atoms with Gasteiger partial charge in [0.15, 0.2) is 0 Å². The summed E-state index contributed by atoms with van der Waals surface area (Å²) in [6.07, 6.45) is 5.15. The van der Waals surface area contributed by atoms with Crippen molar-refractivity contribution in [2.24, 2.45) is 0 Å². The first-order chi connectivity index (χ1) is 9.65. The quantitative estimate of drug-likeness (QED) is 0.845. The SMILES string of the molecule is O=C(O)CSCC(=O)Nc1cccc(-n2ccnc2)c1. The van der Waals surface area contributed by atoms with Crippen molar-refractivity contribution in [3.05, 3.63) is 43.0 Å². The molecule has 1 heterocycles. The van der Waals surface area contributed by atoms with Crippen LogP contribution in [0.2, 0.25) is 0 Å². The van der Waals surface area contributed by atoms with Crippen molar-refractivity contribution in [1.82, 2.24) is 9.55 Å². The highest BCUT2D eigenvalue weighted by molar-refractivity contribution is 8.00. The van der Waals surface area contributed by atoms with Crippen molar-refractivity contribution in [3.63, 3.8) is 0 Å². The molecule has 0 spiro atoms. The van der Waals surface area contributed by atoms with E-state index in [2.05, 4.69) is 10.3 Å². The van der Waals surface area contributed by atoms with Gasteiger partial charge in [0.05, 0.1) is 17.8 Å². The van der Waals surface area contributed by atoms with E-state index in [1.807, 2.05) is 29.0 Å². The van der Waals surface area contributed by atoms with E-state index in [1.165, 1.54) is 0 Å². The highest BCUT2D eigenvalue weighted by Crippen LogP contribution is 2.14. The van der Waals surface area contributed by atoms with Gasteiger partial charge in [-0.2, -0.15) is 0 Å². The zero-order valence-corrected chi connectivity index (χ0v) is 11.3. The molecule has 0 unspecified atom stereocenters. The van der Waals surface area contributed by atoms with E-state index in [-0.39, 0.29) is 17.4 Å². The maximum absolute atomic E-state index is 11.6. The van der Waals surface area contributed by atoms with Crippen molar-refractivity contribution < 1.29 is 14.7 Å². The number of nitrogens with one attached hydrogen (secondary N) is 1. The van der Waals surface area contributed by atoms with E-state index < -0.39 is 5.97 Å². The fourth-order valence-corrected chi connectivity index (χ4v) is 2.12. The summed E-state index contributed by atoms with van der Waals surface area (Å²) in [6.45, 7) is 0. The van der Waals surface area contributed by atoms with Crippen LogP contribution in [-0.2, 0) is 9.59 Å². The number of hydrogen-bond donors (Lipinski definition) is 2. The van der Waals surface area contributed by atoms with Gasteiger partial charge in [-0.25, -0.2) is 4.98 Å². The van der Waals surface area contributed by atoms with Gasteiger partial charge in [-0.1, -0.05) is 6.07 Å². The molecule has 0 radical (unpaired) electrons. The molecular weight excluding hydrogens is 278 g/mol. The van der Waals surface area contributed by atoms with E-state index >= 15 is 0 Å². The summed E-state index contributed by atoms with van der Waals surface area (Å²) in [5, 5.41) is 11.2. The largest absolute Gasteiger partial charge is 0.481 e. The molecule has 0 bridgehead atoms. The van der Waals surface area contributed by atoms with Crippen molar-refractivity contribution in [3.8, 4) is 5.69 Å². The number of imidazole rings is 1. The van der Waals surface area contributed by atoms with Crippen LogP contribution < -0.4 is 5.32 Å². The van der Waals surface area contributed by atoms with Crippen LogP contribution in [0.15, 0.2) is 43.0 Å². The monoisotopic (exact) mass is 291 g/mol. The van der Waals surface area contributed by atoms with Gasteiger partial charge < -0.3 is 15.0 Å².